The van der Waals surface area contributed by atoms with Gasteiger partial charge in [0.25, 0.3) is 5.69 Å². The van der Waals surface area contributed by atoms with Crippen LogP contribution in [0.15, 0.2) is 40.9 Å². The predicted octanol–water partition coefficient (Wildman–Crippen LogP) is 3.95. The van der Waals surface area contributed by atoms with Crippen LogP contribution in [0.3, 0.4) is 0 Å². The summed E-state index contributed by atoms with van der Waals surface area (Å²) in [6, 6.07) is 9.81. The molecule has 0 bridgehead atoms. The summed E-state index contributed by atoms with van der Waals surface area (Å²) in [6.45, 7) is 1.60. The van der Waals surface area contributed by atoms with Crippen molar-refractivity contribution in [2.24, 2.45) is 0 Å². The van der Waals surface area contributed by atoms with Crippen LogP contribution in [0.1, 0.15) is 11.1 Å². The number of nitro groups is 1. The van der Waals surface area contributed by atoms with Crippen LogP contribution < -0.4 is 4.74 Å². The average molecular weight is 338 g/mol. The maximum atomic E-state index is 10.7. The van der Waals surface area contributed by atoms with Crippen molar-refractivity contribution in [3.05, 3.63) is 62.1 Å². The fraction of sp³-hybridized carbons (Fsp3) is 0.143. The van der Waals surface area contributed by atoms with E-state index < -0.39 is 4.92 Å². The number of aryl methyl sites for hydroxylation is 1. The molecule has 0 atom stereocenters. The minimum Gasteiger partial charge on any atom is -0.457 e. The van der Waals surface area contributed by atoms with Crippen molar-refractivity contribution in [1.82, 2.24) is 0 Å². The van der Waals surface area contributed by atoms with E-state index in [2.05, 4.69) is 15.9 Å². The van der Waals surface area contributed by atoms with Gasteiger partial charge in [0.05, 0.1) is 11.5 Å². The van der Waals surface area contributed by atoms with Gasteiger partial charge in [-0.25, -0.2) is 0 Å². The molecule has 0 radical (unpaired) electrons. The zero-order valence-corrected chi connectivity index (χ0v) is 12.3. The molecule has 5 nitrogen and oxygen atoms in total. The summed E-state index contributed by atoms with van der Waals surface area (Å²) in [4.78, 5) is 10.3. The lowest BCUT2D eigenvalue weighted by Gasteiger charge is -2.08. The molecular weight excluding hydrogens is 326 g/mol. The number of hydrogen-bond donors (Lipinski definition) is 1. The third kappa shape index (κ3) is 3.15. The molecule has 0 aliphatic heterocycles. The van der Waals surface area contributed by atoms with E-state index in [1.54, 1.807) is 37.3 Å². The highest BCUT2D eigenvalue weighted by Crippen LogP contribution is 2.29. The molecule has 2 aromatic carbocycles. The molecule has 0 saturated heterocycles. The van der Waals surface area contributed by atoms with Crippen LogP contribution in [0.4, 0.5) is 5.69 Å². The van der Waals surface area contributed by atoms with Gasteiger partial charge in [0.15, 0.2) is 0 Å². The minimum absolute atomic E-state index is 0.0580. The van der Waals surface area contributed by atoms with Crippen molar-refractivity contribution in [1.29, 1.82) is 0 Å². The second kappa shape index (κ2) is 6.02. The van der Waals surface area contributed by atoms with E-state index >= 15 is 0 Å². The lowest BCUT2D eigenvalue weighted by atomic mass is 10.2. The Morgan fingerprint density at radius 1 is 1.25 bits per heavy atom. The highest BCUT2D eigenvalue weighted by atomic mass is 79.9. The summed E-state index contributed by atoms with van der Waals surface area (Å²) in [5.41, 5.74) is 1.37. The normalized spacial score (nSPS) is 10.3. The van der Waals surface area contributed by atoms with Gasteiger partial charge in [0, 0.05) is 16.1 Å². The number of hydrogen-bond acceptors (Lipinski definition) is 4. The van der Waals surface area contributed by atoms with Gasteiger partial charge in [0.1, 0.15) is 11.5 Å². The first kappa shape index (κ1) is 14.5. The van der Waals surface area contributed by atoms with E-state index in [0.717, 1.165) is 10.0 Å². The number of halogens is 1. The Hall–Kier alpha value is -1.92. The van der Waals surface area contributed by atoms with Crippen molar-refractivity contribution < 1.29 is 14.8 Å². The molecule has 1 N–H and O–H groups in total. The molecule has 6 heteroatoms. The first-order valence-corrected chi connectivity index (χ1v) is 6.62. The topological polar surface area (TPSA) is 72.6 Å². The Bertz CT molecular complexity index is 658. The van der Waals surface area contributed by atoms with Crippen LogP contribution in [0.25, 0.3) is 0 Å². The molecule has 0 aliphatic rings. The molecule has 0 unspecified atom stereocenters. The summed E-state index contributed by atoms with van der Waals surface area (Å²) in [7, 11) is 0. The Kier molecular flexibility index (Phi) is 4.36. The highest BCUT2D eigenvalue weighted by molar-refractivity contribution is 9.10. The summed E-state index contributed by atoms with van der Waals surface area (Å²) in [5, 5.41) is 19.8. The molecule has 0 amide bonds. The van der Waals surface area contributed by atoms with Gasteiger partial charge >= 0.3 is 0 Å². The molecule has 2 rings (SSSR count). The molecule has 0 saturated carbocycles. The van der Waals surface area contributed by atoms with Gasteiger partial charge in [-0.15, -0.1) is 0 Å². The molecule has 0 heterocycles. The van der Waals surface area contributed by atoms with Crippen LogP contribution in [0.2, 0.25) is 0 Å². The first-order valence-electron chi connectivity index (χ1n) is 5.83. The van der Waals surface area contributed by atoms with E-state index in [4.69, 9.17) is 9.84 Å². The van der Waals surface area contributed by atoms with E-state index in [-0.39, 0.29) is 12.3 Å². The molecule has 0 fully saturated rings. The maximum Gasteiger partial charge on any atom is 0.272 e. The number of nitrogens with zero attached hydrogens (tertiary/aromatic N) is 1. The standard InChI is InChI=1S/C14H12BrNO4/c1-9-6-11(4-5-14(9)16(18)19)20-12-3-2-10(8-17)13(15)7-12/h2-7,17H,8H2,1H3. The summed E-state index contributed by atoms with van der Waals surface area (Å²) < 4.78 is 6.39. The van der Waals surface area contributed by atoms with Crippen molar-refractivity contribution in [2.75, 3.05) is 0 Å². The van der Waals surface area contributed by atoms with Gasteiger partial charge in [-0.1, -0.05) is 22.0 Å². The SMILES string of the molecule is Cc1cc(Oc2ccc(CO)c(Br)c2)ccc1[N+](=O)[O-]. The zero-order chi connectivity index (χ0) is 14.7. The van der Waals surface area contributed by atoms with Gasteiger partial charge in [-0.2, -0.15) is 0 Å². The quantitative estimate of drug-likeness (QED) is 0.677. The summed E-state index contributed by atoms with van der Waals surface area (Å²) in [6.07, 6.45) is 0. The Balaban J connectivity index is 2.24. The fourth-order valence-corrected chi connectivity index (χ4v) is 2.24. The number of aliphatic hydroxyl groups excluding tert-OH is 1. The lowest BCUT2D eigenvalue weighted by molar-refractivity contribution is -0.385. The number of ether oxygens (including phenoxy) is 1. The predicted molar refractivity (Wildman–Crippen MR) is 78.0 cm³/mol. The van der Waals surface area contributed by atoms with Gasteiger partial charge in [0.2, 0.25) is 0 Å². The van der Waals surface area contributed by atoms with Crippen LogP contribution in [-0.4, -0.2) is 10.0 Å². The Labute approximate surface area is 124 Å². The lowest BCUT2D eigenvalue weighted by Crippen LogP contribution is -1.93. The molecular formula is C14H12BrNO4. The maximum absolute atomic E-state index is 10.7. The number of benzene rings is 2. The molecule has 0 spiro atoms. The highest BCUT2D eigenvalue weighted by Gasteiger charge is 2.11. The van der Waals surface area contributed by atoms with Crippen LogP contribution >= 0.6 is 15.9 Å². The molecule has 2 aromatic rings. The Morgan fingerprint density at radius 2 is 1.90 bits per heavy atom. The van der Waals surface area contributed by atoms with Crippen LogP contribution in [0.5, 0.6) is 11.5 Å². The number of rotatable bonds is 4. The van der Waals surface area contributed by atoms with Gasteiger partial charge in [-0.3, -0.25) is 10.1 Å². The van der Waals surface area contributed by atoms with Crippen LogP contribution in [-0.2, 0) is 6.61 Å². The van der Waals surface area contributed by atoms with Gasteiger partial charge < -0.3 is 9.84 Å². The first-order chi connectivity index (χ1) is 9.51. The summed E-state index contributed by atoms with van der Waals surface area (Å²) >= 11 is 3.34. The third-order valence-corrected chi connectivity index (χ3v) is 3.53. The van der Waals surface area contributed by atoms with Gasteiger partial charge in [-0.05, 0) is 36.8 Å². The largest absolute Gasteiger partial charge is 0.457 e. The minimum atomic E-state index is -0.425. The van der Waals surface area contributed by atoms with E-state index in [1.807, 2.05) is 0 Å². The second-order valence-electron chi connectivity index (χ2n) is 4.22. The van der Waals surface area contributed by atoms with E-state index in [0.29, 0.717) is 17.1 Å². The Morgan fingerprint density at radius 3 is 2.45 bits per heavy atom. The molecule has 20 heavy (non-hydrogen) atoms. The third-order valence-electron chi connectivity index (χ3n) is 2.80. The van der Waals surface area contributed by atoms with Crippen molar-refractivity contribution >= 4 is 21.6 Å². The average Bonchev–Trinajstić information content (AvgIpc) is 2.38. The molecule has 0 aliphatic carbocycles. The summed E-state index contributed by atoms with van der Waals surface area (Å²) in [5.74, 6) is 1.11. The van der Waals surface area contributed by atoms with Crippen molar-refractivity contribution in [3.63, 3.8) is 0 Å². The zero-order valence-electron chi connectivity index (χ0n) is 10.7. The fourth-order valence-electron chi connectivity index (χ4n) is 1.75. The molecule has 0 aromatic heterocycles. The molecule has 104 valence electrons. The van der Waals surface area contributed by atoms with E-state index in [9.17, 15) is 10.1 Å². The monoisotopic (exact) mass is 337 g/mol. The van der Waals surface area contributed by atoms with Crippen LogP contribution in [0, 0.1) is 17.0 Å². The smallest absolute Gasteiger partial charge is 0.272 e. The number of aliphatic hydroxyl groups is 1. The number of nitro benzene ring substituents is 1. The van der Waals surface area contributed by atoms with Crippen molar-refractivity contribution in [3.8, 4) is 11.5 Å². The van der Waals surface area contributed by atoms with E-state index in [1.165, 1.54) is 6.07 Å². The van der Waals surface area contributed by atoms with Crippen molar-refractivity contribution in [2.45, 2.75) is 13.5 Å². The second-order valence-corrected chi connectivity index (χ2v) is 5.07.